The van der Waals surface area contributed by atoms with Crippen molar-refractivity contribution in [1.29, 1.82) is 0 Å². The highest BCUT2D eigenvalue weighted by Gasteiger charge is 2.11. The largest absolute Gasteiger partial charge is 0.375 e. The second-order valence-electron chi connectivity index (χ2n) is 4.83. The van der Waals surface area contributed by atoms with Crippen LogP contribution in [-0.4, -0.2) is 19.7 Å². The van der Waals surface area contributed by atoms with Crippen molar-refractivity contribution < 1.29 is 13.9 Å². The second kappa shape index (κ2) is 8.14. The fraction of sp³-hybridized carbons (Fsp3) is 0.235. The Kier molecular flexibility index (Phi) is 5.91. The highest BCUT2D eigenvalue weighted by molar-refractivity contribution is 5.73. The summed E-state index contributed by atoms with van der Waals surface area (Å²) in [5.74, 6) is -0.316. The third-order valence-corrected chi connectivity index (χ3v) is 3.25. The van der Waals surface area contributed by atoms with E-state index in [9.17, 15) is 9.18 Å². The van der Waals surface area contributed by atoms with Gasteiger partial charge in [0.05, 0.1) is 6.10 Å². The zero-order chi connectivity index (χ0) is 15.8. The van der Waals surface area contributed by atoms with E-state index in [1.54, 1.807) is 19.2 Å². The first-order valence-corrected chi connectivity index (χ1v) is 7.03. The van der Waals surface area contributed by atoms with Crippen molar-refractivity contribution in [3.05, 3.63) is 71.5 Å². The highest BCUT2D eigenvalue weighted by Crippen LogP contribution is 2.14. The summed E-state index contributed by atoms with van der Waals surface area (Å²) in [5, 5.41) is 5.43. The number of halogens is 1. The zero-order valence-electron chi connectivity index (χ0n) is 12.4. The molecule has 0 aliphatic carbocycles. The Balaban J connectivity index is 1.79. The number of hydrogen-bond donors (Lipinski definition) is 2. The molecule has 2 aromatic carbocycles. The predicted molar refractivity (Wildman–Crippen MR) is 82.8 cm³/mol. The summed E-state index contributed by atoms with van der Waals surface area (Å²) in [7, 11) is 1.60. The van der Waals surface area contributed by atoms with E-state index in [1.807, 2.05) is 30.3 Å². The molecular formula is C17H19FN2O2. The van der Waals surface area contributed by atoms with E-state index >= 15 is 0 Å². The Hall–Kier alpha value is -2.40. The van der Waals surface area contributed by atoms with E-state index in [4.69, 9.17) is 4.74 Å². The SMILES string of the molecule is COC(CNC(=O)NCc1cccc(F)c1)c1ccccc1. The third-order valence-electron chi connectivity index (χ3n) is 3.25. The molecule has 2 N–H and O–H groups in total. The number of hydrogen-bond acceptors (Lipinski definition) is 2. The van der Waals surface area contributed by atoms with Crippen molar-refractivity contribution in [3.8, 4) is 0 Å². The average Bonchev–Trinajstić information content (AvgIpc) is 2.54. The van der Waals surface area contributed by atoms with Crippen LogP contribution in [0.5, 0.6) is 0 Å². The molecule has 0 heterocycles. The van der Waals surface area contributed by atoms with Crippen molar-refractivity contribution >= 4 is 6.03 Å². The second-order valence-corrected chi connectivity index (χ2v) is 4.83. The molecule has 0 aliphatic heterocycles. The maximum absolute atomic E-state index is 13.0. The van der Waals surface area contributed by atoms with E-state index in [-0.39, 0.29) is 24.5 Å². The summed E-state index contributed by atoms with van der Waals surface area (Å²) < 4.78 is 18.4. The summed E-state index contributed by atoms with van der Waals surface area (Å²) in [5.41, 5.74) is 1.71. The van der Waals surface area contributed by atoms with Crippen LogP contribution >= 0.6 is 0 Å². The van der Waals surface area contributed by atoms with Crippen molar-refractivity contribution in [3.63, 3.8) is 0 Å². The van der Waals surface area contributed by atoms with Gasteiger partial charge >= 0.3 is 6.03 Å². The van der Waals surface area contributed by atoms with Gasteiger partial charge in [-0.05, 0) is 23.3 Å². The van der Waals surface area contributed by atoms with Crippen LogP contribution in [0.2, 0.25) is 0 Å². The lowest BCUT2D eigenvalue weighted by Crippen LogP contribution is -2.37. The van der Waals surface area contributed by atoms with E-state index in [0.717, 1.165) is 5.56 Å². The lowest BCUT2D eigenvalue weighted by molar-refractivity contribution is 0.104. The number of amides is 2. The molecule has 2 aromatic rings. The normalized spacial score (nSPS) is 11.7. The van der Waals surface area contributed by atoms with Crippen molar-refractivity contribution in [1.82, 2.24) is 10.6 Å². The molecular weight excluding hydrogens is 283 g/mol. The molecule has 0 saturated carbocycles. The number of rotatable bonds is 6. The number of methoxy groups -OCH3 is 1. The van der Waals surface area contributed by atoms with Gasteiger partial charge in [0.25, 0.3) is 0 Å². The summed E-state index contributed by atoms with van der Waals surface area (Å²) >= 11 is 0. The van der Waals surface area contributed by atoms with Gasteiger partial charge in [-0.1, -0.05) is 42.5 Å². The van der Waals surface area contributed by atoms with E-state index in [0.29, 0.717) is 12.1 Å². The average molecular weight is 302 g/mol. The summed E-state index contributed by atoms with van der Waals surface area (Å²) in [6.07, 6.45) is -0.207. The molecule has 0 fully saturated rings. The zero-order valence-corrected chi connectivity index (χ0v) is 12.4. The lowest BCUT2D eigenvalue weighted by Gasteiger charge is -2.16. The van der Waals surface area contributed by atoms with E-state index < -0.39 is 0 Å². The first kappa shape index (κ1) is 16.0. The highest BCUT2D eigenvalue weighted by atomic mass is 19.1. The van der Waals surface area contributed by atoms with E-state index in [1.165, 1.54) is 12.1 Å². The first-order valence-electron chi connectivity index (χ1n) is 7.03. The van der Waals surface area contributed by atoms with Crippen molar-refractivity contribution in [2.24, 2.45) is 0 Å². The van der Waals surface area contributed by atoms with Crippen LogP contribution in [0.15, 0.2) is 54.6 Å². The van der Waals surface area contributed by atoms with Gasteiger partial charge in [-0.15, -0.1) is 0 Å². The number of benzene rings is 2. The first-order chi connectivity index (χ1) is 10.7. The van der Waals surface area contributed by atoms with Crippen LogP contribution < -0.4 is 10.6 Å². The third kappa shape index (κ3) is 4.86. The molecule has 116 valence electrons. The number of ether oxygens (including phenoxy) is 1. The lowest BCUT2D eigenvalue weighted by atomic mass is 10.1. The standard InChI is InChI=1S/C17H19FN2O2/c1-22-16(14-7-3-2-4-8-14)12-20-17(21)19-11-13-6-5-9-15(18)10-13/h2-10,16H,11-12H2,1H3,(H2,19,20,21). The molecule has 0 aromatic heterocycles. The molecule has 1 atom stereocenters. The fourth-order valence-corrected chi connectivity index (χ4v) is 2.08. The van der Waals surface area contributed by atoms with Crippen molar-refractivity contribution in [2.75, 3.05) is 13.7 Å². The molecule has 0 radical (unpaired) electrons. The predicted octanol–water partition coefficient (Wildman–Crippen LogP) is 3.01. The summed E-state index contributed by atoms with van der Waals surface area (Å²) in [4.78, 5) is 11.8. The van der Waals surface area contributed by atoms with Gasteiger partial charge < -0.3 is 15.4 Å². The Morgan fingerprint density at radius 2 is 1.91 bits per heavy atom. The van der Waals surface area contributed by atoms with Gasteiger partial charge in [0, 0.05) is 20.2 Å². The molecule has 22 heavy (non-hydrogen) atoms. The maximum atomic E-state index is 13.0. The van der Waals surface area contributed by atoms with Crippen molar-refractivity contribution in [2.45, 2.75) is 12.6 Å². The molecule has 2 amide bonds. The molecule has 0 aliphatic rings. The molecule has 0 saturated heterocycles. The molecule has 1 unspecified atom stereocenters. The van der Waals surface area contributed by atoms with Crippen LogP contribution in [0.3, 0.4) is 0 Å². The molecule has 5 heteroatoms. The Labute approximate surface area is 129 Å². The fourth-order valence-electron chi connectivity index (χ4n) is 2.08. The van der Waals surface area contributed by atoms with Gasteiger partial charge in [-0.25, -0.2) is 9.18 Å². The van der Waals surface area contributed by atoms with E-state index in [2.05, 4.69) is 10.6 Å². The molecule has 0 spiro atoms. The smallest absolute Gasteiger partial charge is 0.315 e. The van der Waals surface area contributed by atoms with Crippen LogP contribution in [0.4, 0.5) is 9.18 Å². The summed E-state index contributed by atoms with van der Waals surface area (Å²) in [6.45, 7) is 0.627. The van der Waals surface area contributed by atoms with Gasteiger partial charge in [0.2, 0.25) is 0 Å². The van der Waals surface area contributed by atoms with Crippen LogP contribution in [0.25, 0.3) is 0 Å². The minimum absolute atomic E-state index is 0.207. The molecule has 0 bridgehead atoms. The van der Waals surface area contributed by atoms with Gasteiger partial charge in [-0.2, -0.15) is 0 Å². The number of carbonyl (C=O) groups is 1. The maximum Gasteiger partial charge on any atom is 0.315 e. The van der Waals surface area contributed by atoms with Gasteiger partial charge in [0.1, 0.15) is 5.82 Å². The quantitative estimate of drug-likeness (QED) is 0.862. The van der Waals surface area contributed by atoms with Crippen LogP contribution in [0, 0.1) is 5.82 Å². The Morgan fingerprint density at radius 1 is 1.14 bits per heavy atom. The number of urea groups is 1. The van der Waals surface area contributed by atoms with Crippen LogP contribution in [0.1, 0.15) is 17.2 Å². The Morgan fingerprint density at radius 3 is 2.59 bits per heavy atom. The molecule has 2 rings (SSSR count). The summed E-state index contributed by atoms with van der Waals surface area (Å²) in [6, 6.07) is 15.5. The topological polar surface area (TPSA) is 50.4 Å². The minimum Gasteiger partial charge on any atom is -0.375 e. The number of carbonyl (C=O) groups excluding carboxylic acids is 1. The number of nitrogens with one attached hydrogen (secondary N) is 2. The monoisotopic (exact) mass is 302 g/mol. The Bertz CT molecular complexity index is 605. The van der Waals surface area contributed by atoms with Crippen LogP contribution in [-0.2, 0) is 11.3 Å². The van der Waals surface area contributed by atoms with Gasteiger partial charge in [0.15, 0.2) is 0 Å². The minimum atomic E-state index is -0.317. The van der Waals surface area contributed by atoms with Gasteiger partial charge in [-0.3, -0.25) is 0 Å². The molecule has 4 nitrogen and oxygen atoms in total.